The number of hydrogen-bond acceptors (Lipinski definition) is 5. The molecule has 1 aliphatic rings. The Balaban J connectivity index is 1.24. The van der Waals surface area contributed by atoms with Crippen LogP contribution in [0.3, 0.4) is 0 Å². The molecule has 0 radical (unpaired) electrons. The van der Waals surface area contributed by atoms with Gasteiger partial charge in [-0.1, -0.05) is 63.2 Å². The number of carbonyl (C=O) groups excluding carboxylic acids is 1. The Kier molecular flexibility index (Phi) is 8.26. The molecule has 1 unspecified atom stereocenters. The number of fused-ring (bicyclic) bond motifs is 1. The van der Waals surface area contributed by atoms with Crippen molar-refractivity contribution < 1.29 is 4.79 Å². The monoisotopic (exact) mass is 585 g/mol. The van der Waals surface area contributed by atoms with Crippen LogP contribution in [0.4, 0.5) is 16.3 Å². The van der Waals surface area contributed by atoms with Crippen molar-refractivity contribution in [3.8, 4) is 5.69 Å². The first-order chi connectivity index (χ1) is 21.2. The van der Waals surface area contributed by atoms with Gasteiger partial charge in [0.1, 0.15) is 5.82 Å². The molecule has 224 valence electrons. The van der Waals surface area contributed by atoms with Crippen molar-refractivity contribution >= 4 is 33.9 Å². The number of carbonyl (C=O) groups is 1. The molecule has 0 spiro atoms. The highest BCUT2D eigenvalue weighted by Crippen LogP contribution is 2.35. The average Bonchev–Trinajstić information content (AvgIpc) is 3.45. The van der Waals surface area contributed by atoms with Crippen molar-refractivity contribution in [1.29, 1.82) is 0 Å². The molecule has 3 aromatic heterocycles. The van der Waals surface area contributed by atoms with E-state index >= 15 is 0 Å². The summed E-state index contributed by atoms with van der Waals surface area (Å²) in [6.45, 7) is 9.04. The quantitative estimate of drug-likeness (QED) is 0.181. The highest BCUT2D eigenvalue weighted by atomic mass is 16.2. The number of benzene rings is 2. The number of aromatic nitrogens is 4. The van der Waals surface area contributed by atoms with Crippen LogP contribution in [-0.2, 0) is 12.0 Å². The molecular formula is C36H39N7O. The van der Waals surface area contributed by atoms with Gasteiger partial charge in [0.15, 0.2) is 0 Å². The molecule has 3 heterocycles. The van der Waals surface area contributed by atoms with Gasteiger partial charge in [-0.25, -0.2) is 9.48 Å². The fourth-order valence-electron chi connectivity index (χ4n) is 5.64. The summed E-state index contributed by atoms with van der Waals surface area (Å²) in [5, 5.41) is 16.8. The third-order valence-electron chi connectivity index (χ3n) is 8.03. The first-order valence-corrected chi connectivity index (χ1v) is 15.2. The lowest BCUT2D eigenvalue weighted by Gasteiger charge is -2.24. The first kappa shape index (κ1) is 29.3. The number of pyridine rings is 2. The molecule has 0 bridgehead atoms. The van der Waals surface area contributed by atoms with Crippen molar-refractivity contribution in [2.45, 2.75) is 65.0 Å². The van der Waals surface area contributed by atoms with Gasteiger partial charge in [0.05, 0.1) is 23.3 Å². The zero-order valence-corrected chi connectivity index (χ0v) is 25.8. The number of rotatable bonds is 7. The van der Waals surface area contributed by atoms with Gasteiger partial charge in [-0.2, -0.15) is 5.10 Å². The van der Waals surface area contributed by atoms with E-state index in [0.717, 1.165) is 59.3 Å². The van der Waals surface area contributed by atoms with E-state index in [1.807, 2.05) is 49.5 Å². The number of hydrogen-bond donors (Lipinski definition) is 3. The van der Waals surface area contributed by atoms with E-state index in [4.69, 9.17) is 5.10 Å². The molecular weight excluding hydrogens is 546 g/mol. The number of nitrogens with one attached hydrogen (secondary N) is 3. The third-order valence-corrected chi connectivity index (χ3v) is 8.03. The normalized spacial score (nSPS) is 15.2. The summed E-state index contributed by atoms with van der Waals surface area (Å²) in [7, 11) is 0. The van der Waals surface area contributed by atoms with Crippen LogP contribution in [0.5, 0.6) is 0 Å². The van der Waals surface area contributed by atoms with Gasteiger partial charge >= 0.3 is 6.03 Å². The molecule has 1 atom stereocenters. The molecule has 2 amide bonds. The van der Waals surface area contributed by atoms with Gasteiger partial charge in [-0.05, 0) is 72.5 Å². The van der Waals surface area contributed by atoms with Gasteiger partial charge in [-0.15, -0.1) is 0 Å². The van der Waals surface area contributed by atoms with Crippen molar-refractivity contribution in [2.75, 3.05) is 10.6 Å². The zero-order valence-electron chi connectivity index (χ0n) is 25.8. The third kappa shape index (κ3) is 6.55. The maximum Gasteiger partial charge on any atom is 0.324 e. The summed E-state index contributed by atoms with van der Waals surface area (Å²) >= 11 is 0. The average molecular weight is 586 g/mol. The van der Waals surface area contributed by atoms with Crippen LogP contribution in [0, 0.1) is 6.92 Å². The second kappa shape index (κ2) is 12.4. The summed E-state index contributed by atoms with van der Waals surface area (Å²) in [6.07, 6.45) is 11.1. The van der Waals surface area contributed by atoms with Crippen LogP contribution in [0.2, 0.25) is 0 Å². The van der Waals surface area contributed by atoms with Crippen LogP contribution < -0.4 is 16.0 Å². The molecule has 6 rings (SSSR count). The Bertz CT molecular complexity index is 1800. The molecule has 5 aromatic rings. The minimum absolute atomic E-state index is 0.191. The number of nitrogens with zero attached hydrogens (tertiary/aromatic N) is 4. The van der Waals surface area contributed by atoms with E-state index in [2.05, 4.69) is 83.1 Å². The number of amides is 2. The number of allylic oxidation sites excluding steroid dienone is 1. The fourth-order valence-corrected chi connectivity index (χ4v) is 5.64. The number of urea groups is 1. The number of anilines is 2. The molecule has 0 saturated carbocycles. The molecule has 3 N–H and O–H groups in total. The molecule has 8 heteroatoms. The maximum atomic E-state index is 13.4. The molecule has 44 heavy (non-hydrogen) atoms. The van der Waals surface area contributed by atoms with Crippen LogP contribution >= 0.6 is 0 Å². The Labute approximate surface area is 258 Å². The Hall–Kier alpha value is -4.82. The molecule has 2 aromatic carbocycles. The lowest BCUT2D eigenvalue weighted by molar-refractivity contribution is 0.262. The lowest BCUT2D eigenvalue weighted by Crippen LogP contribution is -2.28. The van der Waals surface area contributed by atoms with E-state index in [9.17, 15) is 4.79 Å². The van der Waals surface area contributed by atoms with Gasteiger partial charge in [-0.3, -0.25) is 15.3 Å². The van der Waals surface area contributed by atoms with E-state index in [1.54, 1.807) is 17.1 Å². The predicted molar refractivity (Wildman–Crippen MR) is 178 cm³/mol. The van der Waals surface area contributed by atoms with Crippen LogP contribution in [-0.4, -0.2) is 31.8 Å². The molecule has 0 fully saturated rings. The van der Waals surface area contributed by atoms with E-state index in [0.29, 0.717) is 11.9 Å². The van der Waals surface area contributed by atoms with Gasteiger partial charge in [0.2, 0.25) is 0 Å². The largest absolute Gasteiger partial charge is 0.324 e. The van der Waals surface area contributed by atoms with E-state index < -0.39 is 0 Å². The van der Waals surface area contributed by atoms with Crippen molar-refractivity contribution in [1.82, 2.24) is 25.1 Å². The van der Waals surface area contributed by atoms with Crippen molar-refractivity contribution in [2.24, 2.45) is 0 Å². The van der Waals surface area contributed by atoms with E-state index in [-0.39, 0.29) is 11.4 Å². The number of aryl methyl sites for hydroxylation is 1. The Morgan fingerprint density at radius 1 is 0.977 bits per heavy atom. The van der Waals surface area contributed by atoms with Crippen molar-refractivity contribution in [3.05, 3.63) is 114 Å². The van der Waals surface area contributed by atoms with Crippen LogP contribution in [0.1, 0.15) is 62.5 Å². The Morgan fingerprint density at radius 3 is 2.57 bits per heavy atom. The second-order valence-electron chi connectivity index (χ2n) is 12.5. The molecule has 8 nitrogen and oxygen atoms in total. The summed E-state index contributed by atoms with van der Waals surface area (Å²) < 4.78 is 1.74. The summed E-state index contributed by atoms with van der Waals surface area (Å²) in [5.41, 5.74) is 6.85. The van der Waals surface area contributed by atoms with E-state index in [1.165, 1.54) is 16.7 Å². The second-order valence-corrected chi connectivity index (χ2v) is 12.5. The fraction of sp³-hybridized carbons (Fsp3) is 0.278. The summed E-state index contributed by atoms with van der Waals surface area (Å²) in [5.74, 6) is 0.580. The summed E-state index contributed by atoms with van der Waals surface area (Å²) in [6, 6.07) is 22.3. The highest BCUT2D eigenvalue weighted by Gasteiger charge is 2.22. The molecule has 0 aliphatic heterocycles. The smallest absolute Gasteiger partial charge is 0.307 e. The van der Waals surface area contributed by atoms with Gasteiger partial charge in [0, 0.05) is 47.5 Å². The van der Waals surface area contributed by atoms with Crippen LogP contribution in [0.25, 0.3) is 22.0 Å². The zero-order chi connectivity index (χ0) is 30.7. The van der Waals surface area contributed by atoms with Gasteiger partial charge in [0.25, 0.3) is 0 Å². The standard InChI is InChI=1S/C36H39N7O/c1-24-14-15-28(23-38-24)43-34(20-33(42-43)36(2,3)4)41-35(44)40-32-17-16-29(30-12-5-6-13-31(30)32)26-10-7-11-27(19-26)39-22-25-9-8-18-37-21-25/h5-6,8-9,12-21,23,27,39H,7,10-11,22H2,1-4H3,(H2,40,41,44). The molecule has 1 aliphatic carbocycles. The predicted octanol–water partition coefficient (Wildman–Crippen LogP) is 7.79. The SMILES string of the molecule is Cc1ccc(-n2nc(C(C)(C)C)cc2NC(=O)Nc2ccc(C3=CC(NCc4cccnc4)CCC3)c3ccccc23)cn1. The van der Waals surface area contributed by atoms with Gasteiger partial charge < -0.3 is 10.6 Å². The van der Waals surface area contributed by atoms with Crippen molar-refractivity contribution in [3.63, 3.8) is 0 Å². The lowest BCUT2D eigenvalue weighted by atomic mass is 9.88. The highest BCUT2D eigenvalue weighted by molar-refractivity contribution is 6.08. The summed E-state index contributed by atoms with van der Waals surface area (Å²) in [4.78, 5) is 22.1. The first-order valence-electron chi connectivity index (χ1n) is 15.2. The minimum Gasteiger partial charge on any atom is -0.307 e. The van der Waals surface area contributed by atoms with Crippen LogP contribution in [0.15, 0.2) is 91.4 Å². The minimum atomic E-state index is -0.332. The Morgan fingerprint density at radius 2 is 1.82 bits per heavy atom. The topological polar surface area (TPSA) is 96.8 Å². The molecule has 0 saturated heterocycles. The maximum absolute atomic E-state index is 13.4.